The summed E-state index contributed by atoms with van der Waals surface area (Å²) in [5, 5.41) is 0. The van der Waals surface area contributed by atoms with Gasteiger partial charge in [-0.2, -0.15) is 0 Å². The van der Waals surface area contributed by atoms with Crippen LogP contribution in [0, 0.1) is 0 Å². The molecule has 1 aromatic heterocycles. The van der Waals surface area contributed by atoms with Gasteiger partial charge in [-0.3, -0.25) is 4.79 Å². The summed E-state index contributed by atoms with van der Waals surface area (Å²) in [4.78, 5) is 14.6. The van der Waals surface area contributed by atoms with Crippen molar-refractivity contribution in [1.29, 1.82) is 0 Å². The number of nitrogen functional groups attached to an aromatic ring is 1. The summed E-state index contributed by atoms with van der Waals surface area (Å²) in [6, 6.07) is 7.62. The predicted octanol–water partition coefficient (Wildman–Crippen LogP) is 2.96. The quantitative estimate of drug-likeness (QED) is 0.815. The van der Waals surface area contributed by atoms with Crippen molar-refractivity contribution in [1.82, 2.24) is 4.57 Å². The highest BCUT2D eigenvalue weighted by atomic mass is 79.9. The molecule has 0 radical (unpaired) electrons. The first-order valence-corrected chi connectivity index (χ1v) is 7.38. The SMILES string of the molecule is Cn1cc(Br)cc1C(=O)N1CCCc2c(N)cccc21. The molecule has 0 unspecified atom stereocenters. The maximum atomic E-state index is 12.8. The summed E-state index contributed by atoms with van der Waals surface area (Å²) in [6.45, 7) is 0.734. The highest BCUT2D eigenvalue weighted by molar-refractivity contribution is 9.10. The van der Waals surface area contributed by atoms with E-state index in [1.807, 2.05) is 47.0 Å². The second kappa shape index (κ2) is 4.98. The molecule has 104 valence electrons. The number of fused-ring (bicyclic) bond motifs is 1. The van der Waals surface area contributed by atoms with Gasteiger partial charge in [-0.1, -0.05) is 6.07 Å². The second-order valence-corrected chi connectivity index (χ2v) is 5.98. The molecule has 1 aromatic carbocycles. The van der Waals surface area contributed by atoms with Crippen LogP contribution in [0.5, 0.6) is 0 Å². The van der Waals surface area contributed by atoms with E-state index in [-0.39, 0.29) is 5.91 Å². The van der Waals surface area contributed by atoms with E-state index in [1.54, 1.807) is 0 Å². The Morgan fingerprint density at radius 2 is 2.20 bits per heavy atom. The Morgan fingerprint density at radius 1 is 1.40 bits per heavy atom. The standard InChI is InChI=1S/C15H16BrN3O/c1-18-9-10(16)8-14(18)15(20)19-7-3-4-11-12(17)5-2-6-13(11)19/h2,5-6,8-9H,3-4,7,17H2,1H3. The van der Waals surface area contributed by atoms with Gasteiger partial charge in [-0.25, -0.2) is 0 Å². The Morgan fingerprint density at radius 3 is 2.90 bits per heavy atom. The van der Waals surface area contributed by atoms with Gasteiger partial charge in [-0.15, -0.1) is 0 Å². The molecule has 3 rings (SSSR count). The molecule has 0 fully saturated rings. The summed E-state index contributed by atoms with van der Waals surface area (Å²) >= 11 is 3.41. The summed E-state index contributed by atoms with van der Waals surface area (Å²) in [5.41, 5.74) is 9.50. The normalized spacial score (nSPS) is 14.2. The minimum Gasteiger partial charge on any atom is -0.398 e. The van der Waals surface area contributed by atoms with E-state index in [4.69, 9.17) is 5.73 Å². The Hall–Kier alpha value is -1.75. The molecular weight excluding hydrogens is 318 g/mol. The number of nitrogens with two attached hydrogens (primary N) is 1. The number of anilines is 2. The Kier molecular flexibility index (Phi) is 3.30. The molecule has 0 spiro atoms. The Labute approximate surface area is 126 Å². The van der Waals surface area contributed by atoms with E-state index in [1.165, 1.54) is 0 Å². The zero-order chi connectivity index (χ0) is 14.3. The molecule has 2 aromatic rings. The zero-order valence-electron chi connectivity index (χ0n) is 11.3. The Balaban J connectivity index is 2.03. The highest BCUT2D eigenvalue weighted by Crippen LogP contribution is 2.32. The third-order valence-electron chi connectivity index (χ3n) is 3.72. The number of amides is 1. The second-order valence-electron chi connectivity index (χ2n) is 5.06. The number of benzene rings is 1. The molecule has 0 bridgehead atoms. The van der Waals surface area contributed by atoms with Crippen LogP contribution < -0.4 is 10.6 Å². The van der Waals surface area contributed by atoms with Crippen LogP contribution in [0.4, 0.5) is 11.4 Å². The number of hydrogen-bond acceptors (Lipinski definition) is 2. The average molecular weight is 334 g/mol. The van der Waals surface area contributed by atoms with Crippen molar-refractivity contribution in [2.24, 2.45) is 7.05 Å². The fourth-order valence-electron chi connectivity index (χ4n) is 2.74. The first kappa shape index (κ1) is 13.2. The van der Waals surface area contributed by atoms with E-state index in [0.717, 1.165) is 40.8 Å². The minimum absolute atomic E-state index is 0.0183. The van der Waals surface area contributed by atoms with E-state index >= 15 is 0 Å². The highest BCUT2D eigenvalue weighted by Gasteiger charge is 2.26. The van der Waals surface area contributed by atoms with Crippen LogP contribution in [0.1, 0.15) is 22.5 Å². The van der Waals surface area contributed by atoms with Gasteiger partial charge in [0.25, 0.3) is 5.91 Å². The van der Waals surface area contributed by atoms with Gasteiger partial charge in [0.05, 0.1) is 0 Å². The van der Waals surface area contributed by atoms with Crippen molar-refractivity contribution in [3.05, 3.63) is 46.2 Å². The molecule has 1 aliphatic heterocycles. The van der Waals surface area contributed by atoms with Crippen LogP contribution in [0.25, 0.3) is 0 Å². The zero-order valence-corrected chi connectivity index (χ0v) is 12.9. The van der Waals surface area contributed by atoms with Crippen molar-refractivity contribution in [2.75, 3.05) is 17.2 Å². The molecule has 1 amide bonds. The molecule has 0 aliphatic carbocycles. The first-order chi connectivity index (χ1) is 9.58. The lowest BCUT2D eigenvalue weighted by Crippen LogP contribution is -2.36. The van der Waals surface area contributed by atoms with Crippen molar-refractivity contribution < 1.29 is 4.79 Å². The summed E-state index contributed by atoms with van der Waals surface area (Å²) in [6.07, 6.45) is 3.76. The number of aryl methyl sites for hydroxylation is 1. The average Bonchev–Trinajstić information content (AvgIpc) is 2.77. The molecule has 2 heterocycles. The van der Waals surface area contributed by atoms with Crippen LogP contribution in [0.15, 0.2) is 34.9 Å². The van der Waals surface area contributed by atoms with Gasteiger partial charge in [-0.05, 0) is 52.5 Å². The molecule has 20 heavy (non-hydrogen) atoms. The van der Waals surface area contributed by atoms with Crippen molar-refractivity contribution in [3.8, 4) is 0 Å². The van der Waals surface area contributed by atoms with E-state index in [9.17, 15) is 4.79 Å². The number of nitrogens with zero attached hydrogens (tertiary/aromatic N) is 2. The lowest BCUT2D eigenvalue weighted by atomic mass is 9.99. The van der Waals surface area contributed by atoms with E-state index in [0.29, 0.717) is 5.69 Å². The van der Waals surface area contributed by atoms with Gasteiger partial charge in [0, 0.05) is 35.6 Å². The van der Waals surface area contributed by atoms with Crippen LogP contribution in [-0.4, -0.2) is 17.0 Å². The number of aromatic nitrogens is 1. The Bertz CT molecular complexity index is 678. The number of hydrogen-bond donors (Lipinski definition) is 1. The van der Waals surface area contributed by atoms with Crippen LogP contribution >= 0.6 is 15.9 Å². The maximum Gasteiger partial charge on any atom is 0.274 e. The molecule has 0 saturated carbocycles. The summed E-state index contributed by atoms with van der Waals surface area (Å²) in [5.74, 6) is 0.0183. The summed E-state index contributed by atoms with van der Waals surface area (Å²) < 4.78 is 2.75. The molecule has 4 nitrogen and oxygen atoms in total. The lowest BCUT2D eigenvalue weighted by Gasteiger charge is -2.30. The van der Waals surface area contributed by atoms with E-state index < -0.39 is 0 Å². The van der Waals surface area contributed by atoms with Crippen molar-refractivity contribution >= 4 is 33.2 Å². The molecular formula is C15H16BrN3O. The number of rotatable bonds is 1. The van der Waals surface area contributed by atoms with Crippen LogP contribution in [0.3, 0.4) is 0 Å². The number of carbonyl (C=O) groups is 1. The number of halogens is 1. The van der Waals surface area contributed by atoms with Gasteiger partial charge in [0.15, 0.2) is 0 Å². The van der Waals surface area contributed by atoms with Gasteiger partial charge in [0.1, 0.15) is 5.69 Å². The molecule has 0 atom stereocenters. The van der Waals surface area contributed by atoms with Crippen LogP contribution in [0.2, 0.25) is 0 Å². The van der Waals surface area contributed by atoms with Gasteiger partial charge in [0.2, 0.25) is 0 Å². The minimum atomic E-state index is 0.0183. The van der Waals surface area contributed by atoms with Crippen molar-refractivity contribution in [3.63, 3.8) is 0 Å². The lowest BCUT2D eigenvalue weighted by molar-refractivity contribution is 0.0977. The third-order valence-corrected chi connectivity index (χ3v) is 4.16. The monoisotopic (exact) mass is 333 g/mol. The first-order valence-electron chi connectivity index (χ1n) is 6.59. The number of carbonyl (C=O) groups excluding carboxylic acids is 1. The van der Waals surface area contributed by atoms with Crippen LogP contribution in [-0.2, 0) is 13.5 Å². The molecule has 1 aliphatic rings. The van der Waals surface area contributed by atoms with Gasteiger partial charge >= 0.3 is 0 Å². The maximum absolute atomic E-state index is 12.8. The molecule has 5 heteroatoms. The summed E-state index contributed by atoms with van der Waals surface area (Å²) in [7, 11) is 1.88. The van der Waals surface area contributed by atoms with Gasteiger partial charge < -0.3 is 15.2 Å². The molecule has 0 saturated heterocycles. The fraction of sp³-hybridized carbons (Fsp3) is 0.267. The fourth-order valence-corrected chi connectivity index (χ4v) is 3.26. The van der Waals surface area contributed by atoms with E-state index in [2.05, 4.69) is 15.9 Å². The topological polar surface area (TPSA) is 51.3 Å². The van der Waals surface area contributed by atoms with Crippen molar-refractivity contribution in [2.45, 2.75) is 12.8 Å². The third kappa shape index (κ3) is 2.12. The smallest absolute Gasteiger partial charge is 0.274 e. The predicted molar refractivity (Wildman–Crippen MR) is 84.0 cm³/mol. The largest absolute Gasteiger partial charge is 0.398 e. The molecule has 2 N–H and O–H groups in total.